The van der Waals surface area contributed by atoms with E-state index in [1.54, 1.807) is 7.11 Å². The van der Waals surface area contributed by atoms with Gasteiger partial charge in [0, 0.05) is 31.7 Å². The van der Waals surface area contributed by atoms with Gasteiger partial charge in [0.1, 0.15) is 5.75 Å². The Labute approximate surface area is 115 Å². The maximum Gasteiger partial charge on any atom is 0.124 e. The van der Waals surface area contributed by atoms with Gasteiger partial charge in [0.25, 0.3) is 0 Å². The van der Waals surface area contributed by atoms with Crippen LogP contribution in [0.25, 0.3) is 0 Å². The normalized spacial score (nSPS) is 20.0. The van der Waals surface area contributed by atoms with Crippen LogP contribution in [0.5, 0.6) is 5.75 Å². The molecular weight excluding hydrogens is 240 g/mol. The number of aliphatic hydroxyl groups excluding tert-OH is 1. The van der Waals surface area contributed by atoms with Crippen LogP contribution in [0, 0.1) is 6.92 Å². The van der Waals surface area contributed by atoms with Gasteiger partial charge in [-0.05, 0) is 19.9 Å². The van der Waals surface area contributed by atoms with Crippen molar-refractivity contribution >= 4 is 0 Å². The molecular formula is C15H24N2O2. The lowest BCUT2D eigenvalue weighted by Gasteiger charge is -2.43. The molecule has 4 nitrogen and oxygen atoms in total. The molecule has 1 aromatic carbocycles. The number of methoxy groups -OCH3 is 1. The Kier molecular flexibility index (Phi) is 4.45. The van der Waals surface area contributed by atoms with Crippen molar-refractivity contribution in [1.29, 1.82) is 0 Å². The number of rotatable bonds is 4. The van der Waals surface area contributed by atoms with Crippen LogP contribution in [-0.2, 0) is 5.54 Å². The lowest BCUT2D eigenvalue weighted by Crippen LogP contribution is -2.54. The van der Waals surface area contributed by atoms with E-state index < -0.39 is 0 Å². The topological polar surface area (TPSA) is 44.7 Å². The monoisotopic (exact) mass is 264 g/mol. The average molecular weight is 264 g/mol. The second-order valence-electron chi connectivity index (χ2n) is 5.37. The van der Waals surface area contributed by atoms with E-state index in [0.29, 0.717) is 0 Å². The van der Waals surface area contributed by atoms with Crippen molar-refractivity contribution in [2.45, 2.75) is 19.4 Å². The van der Waals surface area contributed by atoms with E-state index in [1.807, 2.05) is 12.1 Å². The van der Waals surface area contributed by atoms with Gasteiger partial charge in [0.05, 0.1) is 19.3 Å². The first-order valence-electron chi connectivity index (χ1n) is 6.83. The molecule has 1 atom stereocenters. The van der Waals surface area contributed by atoms with E-state index >= 15 is 0 Å². The van der Waals surface area contributed by atoms with E-state index in [0.717, 1.165) is 37.5 Å². The number of nitrogens with one attached hydrogen (secondary N) is 1. The fourth-order valence-corrected chi connectivity index (χ4v) is 2.76. The summed E-state index contributed by atoms with van der Waals surface area (Å²) >= 11 is 0. The molecule has 1 aliphatic heterocycles. The fourth-order valence-electron chi connectivity index (χ4n) is 2.76. The molecule has 1 aromatic rings. The number of benzene rings is 1. The second-order valence-corrected chi connectivity index (χ2v) is 5.37. The van der Waals surface area contributed by atoms with E-state index in [-0.39, 0.29) is 12.1 Å². The summed E-state index contributed by atoms with van der Waals surface area (Å²) in [6, 6.07) is 6.15. The SMILES string of the molecule is COc1ccc(C)cc1C(C)(CO)N1CCNCC1. The molecule has 0 saturated carbocycles. The summed E-state index contributed by atoms with van der Waals surface area (Å²) in [4.78, 5) is 2.33. The van der Waals surface area contributed by atoms with E-state index in [1.165, 1.54) is 5.56 Å². The number of piperazine rings is 1. The number of hydrogen-bond acceptors (Lipinski definition) is 4. The highest BCUT2D eigenvalue weighted by molar-refractivity contribution is 5.42. The van der Waals surface area contributed by atoms with Gasteiger partial charge >= 0.3 is 0 Å². The molecule has 0 aliphatic carbocycles. The van der Waals surface area contributed by atoms with Crippen molar-refractivity contribution in [3.8, 4) is 5.75 Å². The highest BCUT2D eigenvalue weighted by atomic mass is 16.5. The van der Waals surface area contributed by atoms with E-state index in [9.17, 15) is 5.11 Å². The molecule has 0 aromatic heterocycles. The molecule has 1 aliphatic rings. The minimum atomic E-state index is -0.389. The van der Waals surface area contributed by atoms with Crippen molar-refractivity contribution in [2.24, 2.45) is 0 Å². The lowest BCUT2D eigenvalue weighted by molar-refractivity contribution is 0.0294. The minimum absolute atomic E-state index is 0.0901. The summed E-state index contributed by atoms with van der Waals surface area (Å²) in [5, 5.41) is 13.3. The quantitative estimate of drug-likeness (QED) is 0.855. The maximum absolute atomic E-state index is 9.98. The molecule has 1 fully saturated rings. The van der Waals surface area contributed by atoms with Crippen LogP contribution in [-0.4, -0.2) is 49.9 Å². The highest BCUT2D eigenvalue weighted by Crippen LogP contribution is 2.35. The van der Waals surface area contributed by atoms with Crippen LogP contribution in [0.4, 0.5) is 0 Å². The molecule has 2 rings (SSSR count). The van der Waals surface area contributed by atoms with E-state index in [2.05, 4.69) is 30.1 Å². The first-order valence-corrected chi connectivity index (χ1v) is 6.83. The molecule has 0 bridgehead atoms. The molecule has 1 unspecified atom stereocenters. The molecule has 4 heteroatoms. The van der Waals surface area contributed by atoms with Crippen molar-refractivity contribution < 1.29 is 9.84 Å². The molecule has 1 heterocycles. The van der Waals surface area contributed by atoms with Crippen LogP contribution in [0.15, 0.2) is 18.2 Å². The maximum atomic E-state index is 9.98. The Hall–Kier alpha value is -1.10. The van der Waals surface area contributed by atoms with Crippen molar-refractivity contribution in [3.63, 3.8) is 0 Å². The number of hydrogen-bond donors (Lipinski definition) is 2. The van der Waals surface area contributed by atoms with Gasteiger partial charge in [-0.25, -0.2) is 0 Å². The first kappa shape index (κ1) is 14.3. The molecule has 0 amide bonds. The number of aryl methyl sites for hydroxylation is 1. The van der Waals surface area contributed by atoms with E-state index in [4.69, 9.17) is 4.74 Å². The van der Waals surface area contributed by atoms with Gasteiger partial charge in [0.2, 0.25) is 0 Å². The Morgan fingerprint density at radius 2 is 2.05 bits per heavy atom. The van der Waals surface area contributed by atoms with Crippen LogP contribution >= 0.6 is 0 Å². The number of nitrogens with zero attached hydrogens (tertiary/aromatic N) is 1. The Morgan fingerprint density at radius 3 is 2.63 bits per heavy atom. The molecule has 0 radical (unpaired) electrons. The standard InChI is InChI=1S/C15H24N2O2/c1-12-4-5-14(19-3)13(10-12)15(2,11-18)17-8-6-16-7-9-17/h4-5,10,16,18H,6-9,11H2,1-3H3. The zero-order chi connectivity index (χ0) is 13.9. The summed E-state index contributed by atoms with van der Waals surface area (Å²) < 4.78 is 5.49. The summed E-state index contributed by atoms with van der Waals surface area (Å²) in [5.74, 6) is 0.848. The third-order valence-corrected chi connectivity index (χ3v) is 4.06. The predicted octanol–water partition coefficient (Wildman–Crippen LogP) is 1.12. The predicted molar refractivity (Wildman–Crippen MR) is 76.6 cm³/mol. The fraction of sp³-hybridized carbons (Fsp3) is 0.600. The molecule has 1 saturated heterocycles. The van der Waals surface area contributed by atoms with Crippen LogP contribution in [0.3, 0.4) is 0 Å². The zero-order valence-electron chi connectivity index (χ0n) is 12.1. The van der Waals surface area contributed by atoms with Gasteiger partial charge in [-0.3, -0.25) is 4.90 Å². The summed E-state index contributed by atoms with van der Waals surface area (Å²) in [6.07, 6.45) is 0. The number of aliphatic hydroxyl groups is 1. The van der Waals surface area contributed by atoms with Crippen molar-refractivity contribution in [2.75, 3.05) is 39.9 Å². The summed E-state index contributed by atoms with van der Waals surface area (Å²) in [5.41, 5.74) is 1.87. The summed E-state index contributed by atoms with van der Waals surface area (Å²) in [6.45, 7) is 8.05. The molecule has 2 N–H and O–H groups in total. The third kappa shape index (κ3) is 2.76. The lowest BCUT2D eigenvalue weighted by atomic mass is 9.88. The molecule has 19 heavy (non-hydrogen) atoms. The Bertz CT molecular complexity index is 430. The largest absolute Gasteiger partial charge is 0.496 e. The third-order valence-electron chi connectivity index (χ3n) is 4.06. The second kappa shape index (κ2) is 5.90. The van der Waals surface area contributed by atoms with Gasteiger partial charge in [0.15, 0.2) is 0 Å². The van der Waals surface area contributed by atoms with Crippen LogP contribution in [0.1, 0.15) is 18.1 Å². The summed E-state index contributed by atoms with van der Waals surface area (Å²) in [7, 11) is 1.68. The molecule has 0 spiro atoms. The Morgan fingerprint density at radius 1 is 1.37 bits per heavy atom. The van der Waals surface area contributed by atoms with Crippen molar-refractivity contribution in [1.82, 2.24) is 10.2 Å². The first-order chi connectivity index (χ1) is 9.11. The van der Waals surface area contributed by atoms with Gasteiger partial charge in [-0.15, -0.1) is 0 Å². The van der Waals surface area contributed by atoms with Crippen LogP contribution in [0.2, 0.25) is 0 Å². The Balaban J connectivity index is 2.41. The van der Waals surface area contributed by atoms with Gasteiger partial charge < -0.3 is 15.2 Å². The smallest absolute Gasteiger partial charge is 0.124 e. The van der Waals surface area contributed by atoms with Gasteiger partial charge in [-0.1, -0.05) is 17.7 Å². The number of ether oxygens (including phenoxy) is 1. The zero-order valence-corrected chi connectivity index (χ0v) is 12.1. The minimum Gasteiger partial charge on any atom is -0.496 e. The highest BCUT2D eigenvalue weighted by Gasteiger charge is 2.36. The van der Waals surface area contributed by atoms with Crippen molar-refractivity contribution in [3.05, 3.63) is 29.3 Å². The van der Waals surface area contributed by atoms with Gasteiger partial charge in [-0.2, -0.15) is 0 Å². The average Bonchev–Trinajstić information content (AvgIpc) is 2.47. The van der Waals surface area contributed by atoms with Crippen LogP contribution < -0.4 is 10.1 Å². The molecule has 106 valence electrons.